The van der Waals surface area contributed by atoms with Crippen LogP contribution >= 0.6 is 0 Å². The largest absolute Gasteiger partial charge is 0.465 e. The number of nitrogens with zero attached hydrogens (tertiary/aromatic N) is 1. The lowest BCUT2D eigenvalue weighted by Gasteiger charge is -2.18. The molecule has 110 valence electrons. The summed E-state index contributed by atoms with van der Waals surface area (Å²) in [5.74, 6) is 0. The summed E-state index contributed by atoms with van der Waals surface area (Å²) in [4.78, 5) is 23.3. The van der Waals surface area contributed by atoms with Gasteiger partial charge in [-0.3, -0.25) is 0 Å². The summed E-state index contributed by atoms with van der Waals surface area (Å²) >= 11 is 0. The average Bonchev–Trinajstić information content (AvgIpc) is 2.45. The van der Waals surface area contributed by atoms with Gasteiger partial charge in [-0.2, -0.15) is 0 Å². The average molecular weight is 281 g/mol. The van der Waals surface area contributed by atoms with Crippen LogP contribution in [0, 0.1) is 0 Å². The van der Waals surface area contributed by atoms with Crippen LogP contribution in [0.25, 0.3) is 0 Å². The van der Waals surface area contributed by atoms with Crippen molar-refractivity contribution in [1.29, 1.82) is 0 Å². The van der Waals surface area contributed by atoms with Crippen LogP contribution in [-0.4, -0.2) is 48.4 Å². The molecule has 0 aliphatic carbocycles. The molecule has 0 saturated carbocycles. The smallest absolute Gasteiger partial charge is 0.407 e. The molecular formula is C13H19N3O4. The first-order valence-corrected chi connectivity index (χ1v) is 6.26. The van der Waals surface area contributed by atoms with Gasteiger partial charge in [0.15, 0.2) is 0 Å². The molecule has 1 aromatic rings. The Kier molecular flexibility index (Phi) is 6.91. The Morgan fingerprint density at radius 2 is 1.95 bits per heavy atom. The van der Waals surface area contributed by atoms with Gasteiger partial charge in [0.1, 0.15) is 6.61 Å². The minimum absolute atomic E-state index is 0.174. The molecule has 0 aliphatic heterocycles. The SMILES string of the molecule is NCCN(CCNC(=O)OCc1ccccc1)C(=O)O. The Labute approximate surface area is 117 Å². The minimum Gasteiger partial charge on any atom is -0.465 e. The topological polar surface area (TPSA) is 105 Å². The van der Waals surface area contributed by atoms with E-state index in [1.807, 2.05) is 30.3 Å². The first kappa shape index (κ1) is 15.8. The fraction of sp³-hybridized carbons (Fsp3) is 0.385. The van der Waals surface area contributed by atoms with Crippen molar-refractivity contribution in [1.82, 2.24) is 10.2 Å². The molecule has 20 heavy (non-hydrogen) atoms. The van der Waals surface area contributed by atoms with E-state index in [0.717, 1.165) is 10.5 Å². The van der Waals surface area contributed by atoms with Crippen LogP contribution in [0.2, 0.25) is 0 Å². The zero-order valence-electron chi connectivity index (χ0n) is 11.1. The molecule has 0 unspecified atom stereocenters. The quantitative estimate of drug-likeness (QED) is 0.687. The number of amides is 2. The Bertz CT molecular complexity index is 425. The van der Waals surface area contributed by atoms with Gasteiger partial charge in [0.25, 0.3) is 0 Å². The Hall–Kier alpha value is -2.28. The molecule has 0 atom stereocenters. The summed E-state index contributed by atoms with van der Waals surface area (Å²) in [6.45, 7) is 1.01. The summed E-state index contributed by atoms with van der Waals surface area (Å²) < 4.78 is 4.99. The predicted octanol–water partition coefficient (Wildman–Crippen LogP) is 0.852. The number of hydrogen-bond acceptors (Lipinski definition) is 4. The molecule has 2 amide bonds. The van der Waals surface area contributed by atoms with E-state index in [4.69, 9.17) is 15.6 Å². The number of carbonyl (C=O) groups is 2. The summed E-state index contributed by atoms with van der Waals surface area (Å²) in [6.07, 6.45) is -1.64. The highest BCUT2D eigenvalue weighted by Gasteiger charge is 2.10. The standard InChI is InChI=1S/C13H19N3O4/c14-6-8-16(13(18)19)9-7-15-12(17)20-10-11-4-2-1-3-5-11/h1-5H,6-10,14H2,(H,15,17)(H,18,19). The van der Waals surface area contributed by atoms with Crippen LogP contribution in [0.1, 0.15) is 5.56 Å². The van der Waals surface area contributed by atoms with Crippen molar-refractivity contribution < 1.29 is 19.4 Å². The fourth-order valence-corrected chi connectivity index (χ4v) is 1.53. The van der Waals surface area contributed by atoms with E-state index >= 15 is 0 Å². The van der Waals surface area contributed by atoms with Crippen LogP contribution in [0.5, 0.6) is 0 Å². The predicted molar refractivity (Wildman–Crippen MR) is 73.3 cm³/mol. The zero-order valence-corrected chi connectivity index (χ0v) is 11.1. The highest BCUT2D eigenvalue weighted by Crippen LogP contribution is 2.00. The van der Waals surface area contributed by atoms with Crippen molar-refractivity contribution in [2.75, 3.05) is 26.2 Å². The van der Waals surface area contributed by atoms with Crippen molar-refractivity contribution in [3.63, 3.8) is 0 Å². The molecule has 0 radical (unpaired) electrons. The van der Waals surface area contributed by atoms with Gasteiger partial charge in [-0.25, -0.2) is 9.59 Å². The molecule has 7 heteroatoms. The molecule has 1 rings (SSSR count). The summed E-state index contributed by atoms with van der Waals surface area (Å²) in [7, 11) is 0. The number of nitrogens with one attached hydrogen (secondary N) is 1. The van der Waals surface area contributed by atoms with Crippen molar-refractivity contribution in [2.45, 2.75) is 6.61 Å². The molecule has 0 bridgehead atoms. The van der Waals surface area contributed by atoms with Gasteiger partial charge in [-0.1, -0.05) is 30.3 Å². The zero-order chi connectivity index (χ0) is 14.8. The lowest BCUT2D eigenvalue weighted by Crippen LogP contribution is -2.40. The van der Waals surface area contributed by atoms with Gasteiger partial charge in [-0.15, -0.1) is 0 Å². The highest BCUT2D eigenvalue weighted by molar-refractivity contribution is 5.67. The van der Waals surface area contributed by atoms with E-state index in [1.165, 1.54) is 0 Å². The number of benzene rings is 1. The summed E-state index contributed by atoms with van der Waals surface area (Å²) in [5.41, 5.74) is 6.18. The van der Waals surface area contributed by atoms with Crippen LogP contribution < -0.4 is 11.1 Å². The number of ether oxygens (including phenoxy) is 1. The number of carbonyl (C=O) groups excluding carboxylic acids is 1. The second-order valence-electron chi connectivity index (χ2n) is 4.05. The van der Waals surface area contributed by atoms with Crippen molar-refractivity contribution in [2.24, 2.45) is 5.73 Å². The third-order valence-electron chi connectivity index (χ3n) is 2.53. The van der Waals surface area contributed by atoms with E-state index in [0.29, 0.717) is 0 Å². The lowest BCUT2D eigenvalue weighted by molar-refractivity contribution is 0.132. The van der Waals surface area contributed by atoms with Gasteiger partial charge in [-0.05, 0) is 5.56 Å². The van der Waals surface area contributed by atoms with Gasteiger partial charge in [0, 0.05) is 26.2 Å². The van der Waals surface area contributed by atoms with E-state index in [2.05, 4.69) is 5.32 Å². The number of carboxylic acid groups (broad SMARTS) is 1. The maximum atomic E-state index is 11.4. The maximum absolute atomic E-state index is 11.4. The summed E-state index contributed by atoms with van der Waals surface area (Å²) in [6, 6.07) is 9.28. The van der Waals surface area contributed by atoms with Crippen LogP contribution in [0.4, 0.5) is 9.59 Å². The molecular weight excluding hydrogens is 262 g/mol. The normalized spacial score (nSPS) is 9.85. The van der Waals surface area contributed by atoms with E-state index in [-0.39, 0.29) is 32.8 Å². The van der Waals surface area contributed by atoms with Crippen LogP contribution in [0.3, 0.4) is 0 Å². The molecule has 0 heterocycles. The lowest BCUT2D eigenvalue weighted by atomic mass is 10.2. The van der Waals surface area contributed by atoms with Crippen molar-refractivity contribution in [3.8, 4) is 0 Å². The van der Waals surface area contributed by atoms with E-state index < -0.39 is 12.2 Å². The molecule has 4 N–H and O–H groups in total. The highest BCUT2D eigenvalue weighted by atomic mass is 16.5. The van der Waals surface area contributed by atoms with E-state index in [1.54, 1.807) is 0 Å². The third-order valence-corrected chi connectivity index (χ3v) is 2.53. The Balaban J connectivity index is 2.21. The molecule has 1 aromatic carbocycles. The fourth-order valence-electron chi connectivity index (χ4n) is 1.53. The number of nitrogens with two attached hydrogens (primary N) is 1. The molecule has 0 aliphatic rings. The van der Waals surface area contributed by atoms with E-state index in [9.17, 15) is 9.59 Å². The monoisotopic (exact) mass is 281 g/mol. The summed E-state index contributed by atoms with van der Waals surface area (Å²) in [5, 5.41) is 11.3. The second kappa shape index (κ2) is 8.76. The molecule has 7 nitrogen and oxygen atoms in total. The van der Waals surface area contributed by atoms with Gasteiger partial charge >= 0.3 is 12.2 Å². The first-order valence-electron chi connectivity index (χ1n) is 6.26. The van der Waals surface area contributed by atoms with Gasteiger partial charge in [0.05, 0.1) is 0 Å². The molecule has 0 aromatic heterocycles. The molecule has 0 saturated heterocycles. The second-order valence-corrected chi connectivity index (χ2v) is 4.05. The number of alkyl carbamates (subject to hydrolysis) is 1. The first-order chi connectivity index (χ1) is 9.63. The van der Waals surface area contributed by atoms with Crippen molar-refractivity contribution >= 4 is 12.2 Å². The Morgan fingerprint density at radius 1 is 1.25 bits per heavy atom. The molecule has 0 spiro atoms. The van der Waals surface area contributed by atoms with Gasteiger partial charge in [0.2, 0.25) is 0 Å². The minimum atomic E-state index is -1.06. The van der Waals surface area contributed by atoms with Crippen molar-refractivity contribution in [3.05, 3.63) is 35.9 Å². The Morgan fingerprint density at radius 3 is 2.55 bits per heavy atom. The third kappa shape index (κ3) is 6.05. The number of hydrogen-bond donors (Lipinski definition) is 3. The number of rotatable bonds is 7. The van der Waals surface area contributed by atoms with Crippen LogP contribution in [-0.2, 0) is 11.3 Å². The van der Waals surface area contributed by atoms with Crippen LogP contribution in [0.15, 0.2) is 30.3 Å². The molecule has 0 fully saturated rings. The maximum Gasteiger partial charge on any atom is 0.407 e. The van der Waals surface area contributed by atoms with Gasteiger partial charge < -0.3 is 25.8 Å².